The lowest BCUT2D eigenvalue weighted by Crippen LogP contribution is -2.28. The minimum atomic E-state index is -4.54. The predicted octanol–water partition coefficient (Wildman–Crippen LogP) is 0.723. The molecule has 1 aromatic heterocycles. The molecule has 0 fully saturated rings. The largest absolute Gasteiger partial charge is 0.451 e. The zero-order valence-corrected chi connectivity index (χ0v) is 7.73. The van der Waals surface area contributed by atoms with E-state index in [1.165, 1.54) is 0 Å². The van der Waals surface area contributed by atoms with Crippen LogP contribution in [0.4, 0.5) is 19.0 Å². The predicted molar refractivity (Wildman–Crippen MR) is 46.9 cm³/mol. The van der Waals surface area contributed by atoms with E-state index in [0.29, 0.717) is 30.8 Å². The van der Waals surface area contributed by atoms with Crippen LogP contribution in [0.2, 0.25) is 0 Å². The lowest BCUT2D eigenvalue weighted by Gasteiger charge is -2.18. The maximum Gasteiger partial charge on any atom is 0.451 e. The summed E-state index contributed by atoms with van der Waals surface area (Å²) in [6, 6.07) is 0. The van der Waals surface area contributed by atoms with Gasteiger partial charge in [-0.2, -0.15) is 13.2 Å². The third-order valence-electron chi connectivity index (χ3n) is 2.22. The molecule has 4 nitrogen and oxygen atoms in total. The number of alkyl halides is 3. The molecule has 0 radical (unpaired) electrons. The normalized spacial score (nSPS) is 16.2. The Bertz CT molecular complexity index is 388. The molecule has 15 heavy (non-hydrogen) atoms. The van der Waals surface area contributed by atoms with Gasteiger partial charge in [-0.05, 0) is 13.0 Å². The Morgan fingerprint density at radius 3 is 2.67 bits per heavy atom. The van der Waals surface area contributed by atoms with E-state index in [1.54, 1.807) is 0 Å². The van der Waals surface area contributed by atoms with Crippen LogP contribution in [-0.2, 0) is 19.1 Å². The fourth-order valence-electron chi connectivity index (χ4n) is 1.52. The molecule has 3 N–H and O–H groups in total. The standard InChI is InChI=1S/C8H9F3N4/c9-8(10,11)7-14-5-3-13-2-1-4(5)6(12)15-7/h13H,1-3H2,(H2,12,14,15). The van der Waals surface area contributed by atoms with Gasteiger partial charge in [0.25, 0.3) is 0 Å². The molecule has 2 heterocycles. The molecule has 0 saturated heterocycles. The van der Waals surface area contributed by atoms with E-state index >= 15 is 0 Å². The Kier molecular flexibility index (Phi) is 2.26. The van der Waals surface area contributed by atoms with Crippen LogP contribution in [-0.4, -0.2) is 16.5 Å². The van der Waals surface area contributed by atoms with Crippen molar-refractivity contribution in [3.8, 4) is 0 Å². The second-order valence-electron chi connectivity index (χ2n) is 3.28. The number of nitrogens with two attached hydrogens (primary N) is 1. The summed E-state index contributed by atoms with van der Waals surface area (Å²) < 4.78 is 37.0. The van der Waals surface area contributed by atoms with Crippen LogP contribution in [0.3, 0.4) is 0 Å². The van der Waals surface area contributed by atoms with Crippen molar-refractivity contribution in [3.63, 3.8) is 0 Å². The van der Waals surface area contributed by atoms with Crippen molar-refractivity contribution in [2.24, 2.45) is 0 Å². The topological polar surface area (TPSA) is 63.8 Å². The minimum Gasteiger partial charge on any atom is -0.383 e. The monoisotopic (exact) mass is 218 g/mol. The molecule has 0 atom stereocenters. The van der Waals surface area contributed by atoms with Gasteiger partial charge in [0.15, 0.2) is 0 Å². The van der Waals surface area contributed by atoms with Crippen molar-refractivity contribution in [1.82, 2.24) is 15.3 Å². The number of fused-ring (bicyclic) bond motifs is 1. The molecular formula is C8H9F3N4. The Labute approximate surface area is 83.7 Å². The van der Waals surface area contributed by atoms with Crippen molar-refractivity contribution in [3.05, 3.63) is 17.1 Å². The lowest BCUT2D eigenvalue weighted by atomic mass is 10.1. The average molecular weight is 218 g/mol. The highest BCUT2D eigenvalue weighted by molar-refractivity contribution is 5.43. The van der Waals surface area contributed by atoms with Gasteiger partial charge in [-0.15, -0.1) is 0 Å². The molecule has 82 valence electrons. The summed E-state index contributed by atoms with van der Waals surface area (Å²) >= 11 is 0. The quantitative estimate of drug-likeness (QED) is 0.673. The molecule has 0 saturated carbocycles. The van der Waals surface area contributed by atoms with Gasteiger partial charge in [0.2, 0.25) is 5.82 Å². The number of nitrogens with zero attached hydrogens (tertiary/aromatic N) is 2. The molecule has 2 rings (SSSR count). The van der Waals surface area contributed by atoms with Gasteiger partial charge in [0, 0.05) is 12.1 Å². The first-order valence-corrected chi connectivity index (χ1v) is 4.41. The third-order valence-corrected chi connectivity index (χ3v) is 2.22. The Hall–Kier alpha value is -1.37. The molecule has 1 aromatic rings. The molecule has 0 aromatic carbocycles. The Balaban J connectivity index is 2.50. The van der Waals surface area contributed by atoms with E-state index in [-0.39, 0.29) is 5.82 Å². The van der Waals surface area contributed by atoms with Crippen LogP contribution in [0.25, 0.3) is 0 Å². The van der Waals surface area contributed by atoms with Crippen molar-refractivity contribution in [2.45, 2.75) is 19.1 Å². The number of halogens is 3. The summed E-state index contributed by atoms with van der Waals surface area (Å²) in [6.07, 6.45) is -3.97. The fraction of sp³-hybridized carbons (Fsp3) is 0.500. The number of aromatic nitrogens is 2. The van der Waals surface area contributed by atoms with Crippen molar-refractivity contribution in [1.29, 1.82) is 0 Å². The first-order chi connectivity index (χ1) is 6.98. The van der Waals surface area contributed by atoms with Crippen LogP contribution >= 0.6 is 0 Å². The van der Waals surface area contributed by atoms with Crippen molar-refractivity contribution < 1.29 is 13.2 Å². The van der Waals surface area contributed by atoms with Gasteiger partial charge in [0.1, 0.15) is 5.82 Å². The Morgan fingerprint density at radius 1 is 1.27 bits per heavy atom. The fourth-order valence-corrected chi connectivity index (χ4v) is 1.52. The number of rotatable bonds is 0. The molecule has 0 unspecified atom stereocenters. The van der Waals surface area contributed by atoms with E-state index in [2.05, 4.69) is 15.3 Å². The second kappa shape index (κ2) is 3.34. The van der Waals surface area contributed by atoms with Gasteiger partial charge in [-0.3, -0.25) is 0 Å². The number of anilines is 1. The molecule has 1 aliphatic heterocycles. The third kappa shape index (κ3) is 1.87. The molecule has 0 bridgehead atoms. The van der Waals surface area contributed by atoms with Crippen molar-refractivity contribution in [2.75, 3.05) is 12.3 Å². The van der Waals surface area contributed by atoms with Crippen molar-refractivity contribution >= 4 is 5.82 Å². The molecule has 0 spiro atoms. The van der Waals surface area contributed by atoms with E-state index in [1.807, 2.05) is 0 Å². The van der Waals surface area contributed by atoms with Gasteiger partial charge in [0.05, 0.1) is 5.69 Å². The van der Waals surface area contributed by atoms with Crippen LogP contribution in [0.1, 0.15) is 17.1 Å². The van der Waals surface area contributed by atoms with Crippen LogP contribution in [0, 0.1) is 0 Å². The van der Waals surface area contributed by atoms with Crippen LogP contribution in [0.15, 0.2) is 0 Å². The molecular weight excluding hydrogens is 209 g/mol. The van der Waals surface area contributed by atoms with E-state index in [0.717, 1.165) is 0 Å². The highest BCUT2D eigenvalue weighted by Gasteiger charge is 2.36. The van der Waals surface area contributed by atoms with Gasteiger partial charge >= 0.3 is 6.18 Å². The SMILES string of the molecule is Nc1nc(C(F)(F)F)nc2c1CCNC2. The number of nitrogen functional groups attached to an aromatic ring is 1. The number of hydrogen-bond acceptors (Lipinski definition) is 4. The van der Waals surface area contributed by atoms with Gasteiger partial charge < -0.3 is 11.1 Å². The van der Waals surface area contributed by atoms with E-state index in [9.17, 15) is 13.2 Å². The Morgan fingerprint density at radius 2 is 2.00 bits per heavy atom. The maximum absolute atomic E-state index is 12.3. The minimum absolute atomic E-state index is 0.0613. The average Bonchev–Trinajstić information content (AvgIpc) is 2.16. The number of nitrogens with one attached hydrogen (secondary N) is 1. The summed E-state index contributed by atoms with van der Waals surface area (Å²) in [6.45, 7) is 0.997. The second-order valence-corrected chi connectivity index (χ2v) is 3.28. The van der Waals surface area contributed by atoms with Gasteiger partial charge in [-0.1, -0.05) is 0 Å². The summed E-state index contributed by atoms with van der Waals surface area (Å²) in [7, 11) is 0. The molecule has 0 aliphatic carbocycles. The highest BCUT2D eigenvalue weighted by Crippen LogP contribution is 2.28. The zero-order valence-electron chi connectivity index (χ0n) is 7.73. The summed E-state index contributed by atoms with van der Waals surface area (Å²) in [5.74, 6) is -1.23. The summed E-state index contributed by atoms with van der Waals surface area (Å²) in [5.41, 5.74) is 6.43. The smallest absolute Gasteiger partial charge is 0.383 e. The highest BCUT2D eigenvalue weighted by atomic mass is 19.4. The van der Waals surface area contributed by atoms with E-state index in [4.69, 9.17) is 5.73 Å². The zero-order chi connectivity index (χ0) is 11.1. The first-order valence-electron chi connectivity index (χ1n) is 4.41. The molecule has 1 aliphatic rings. The molecule has 0 amide bonds. The summed E-state index contributed by atoms with van der Waals surface area (Å²) in [4.78, 5) is 6.74. The van der Waals surface area contributed by atoms with Gasteiger partial charge in [-0.25, -0.2) is 9.97 Å². The maximum atomic E-state index is 12.3. The lowest BCUT2D eigenvalue weighted by molar-refractivity contribution is -0.145. The number of hydrogen-bond donors (Lipinski definition) is 2. The summed E-state index contributed by atoms with van der Waals surface area (Å²) in [5, 5.41) is 2.93. The first kappa shape index (κ1) is 10.2. The van der Waals surface area contributed by atoms with E-state index < -0.39 is 12.0 Å². The van der Waals surface area contributed by atoms with Crippen LogP contribution < -0.4 is 11.1 Å². The van der Waals surface area contributed by atoms with Crippen LogP contribution in [0.5, 0.6) is 0 Å². The molecule has 7 heteroatoms.